The summed E-state index contributed by atoms with van der Waals surface area (Å²) in [6, 6.07) is 10.3. The monoisotopic (exact) mass is 176 g/mol. The zero-order valence-corrected chi connectivity index (χ0v) is 7.74. The maximum atomic E-state index is 5.57. The van der Waals surface area contributed by atoms with Gasteiger partial charge >= 0.3 is 0 Å². The van der Waals surface area contributed by atoms with E-state index in [1.165, 1.54) is 12.1 Å². The number of nitrogens with one attached hydrogen (secondary N) is 1. The highest BCUT2D eigenvalue weighted by atomic mass is 14.9. The van der Waals surface area contributed by atoms with E-state index in [0.29, 0.717) is 0 Å². The normalized spacial score (nSPS) is 25.6. The van der Waals surface area contributed by atoms with Gasteiger partial charge in [0.2, 0.25) is 0 Å². The predicted octanol–water partition coefficient (Wildman–Crippen LogP) is 1.69. The van der Waals surface area contributed by atoms with Crippen LogP contribution in [0.2, 0.25) is 0 Å². The van der Waals surface area contributed by atoms with Gasteiger partial charge in [0.25, 0.3) is 0 Å². The standard InChI is InChI=1S/C11H16N2/c12-7-9-6-10(9)8-13-11-4-2-1-3-5-11/h1-5,9-10,13H,6-8,12H2. The first-order valence-electron chi connectivity index (χ1n) is 4.89. The van der Waals surface area contributed by atoms with Crippen molar-refractivity contribution in [1.29, 1.82) is 0 Å². The first-order valence-corrected chi connectivity index (χ1v) is 4.89. The molecule has 0 spiro atoms. The third kappa shape index (κ3) is 2.22. The van der Waals surface area contributed by atoms with Gasteiger partial charge in [0, 0.05) is 12.2 Å². The van der Waals surface area contributed by atoms with Gasteiger partial charge < -0.3 is 11.1 Å². The Morgan fingerprint density at radius 2 is 2.00 bits per heavy atom. The lowest BCUT2D eigenvalue weighted by atomic mass is 10.3. The van der Waals surface area contributed by atoms with Crippen molar-refractivity contribution in [3.05, 3.63) is 30.3 Å². The van der Waals surface area contributed by atoms with E-state index in [0.717, 1.165) is 24.9 Å². The fourth-order valence-corrected chi connectivity index (χ4v) is 1.65. The average molecular weight is 176 g/mol. The van der Waals surface area contributed by atoms with E-state index in [1.807, 2.05) is 6.07 Å². The third-order valence-electron chi connectivity index (χ3n) is 2.71. The second-order valence-electron chi connectivity index (χ2n) is 3.74. The van der Waals surface area contributed by atoms with E-state index in [2.05, 4.69) is 29.6 Å². The summed E-state index contributed by atoms with van der Waals surface area (Å²) >= 11 is 0. The van der Waals surface area contributed by atoms with Gasteiger partial charge in [-0.2, -0.15) is 0 Å². The number of rotatable bonds is 4. The van der Waals surface area contributed by atoms with Gasteiger partial charge in [0.15, 0.2) is 0 Å². The topological polar surface area (TPSA) is 38.0 Å². The molecular formula is C11H16N2. The number of para-hydroxylation sites is 1. The van der Waals surface area contributed by atoms with Gasteiger partial charge in [-0.25, -0.2) is 0 Å². The minimum Gasteiger partial charge on any atom is -0.385 e. The molecule has 1 aromatic rings. The molecule has 1 aliphatic carbocycles. The summed E-state index contributed by atoms with van der Waals surface area (Å²) in [7, 11) is 0. The molecule has 0 bridgehead atoms. The molecule has 70 valence electrons. The van der Waals surface area contributed by atoms with Crippen molar-refractivity contribution >= 4 is 5.69 Å². The molecule has 2 atom stereocenters. The predicted molar refractivity (Wildman–Crippen MR) is 55.6 cm³/mol. The first kappa shape index (κ1) is 8.57. The van der Waals surface area contributed by atoms with Crippen molar-refractivity contribution in [1.82, 2.24) is 0 Å². The molecule has 13 heavy (non-hydrogen) atoms. The third-order valence-corrected chi connectivity index (χ3v) is 2.71. The van der Waals surface area contributed by atoms with E-state index in [1.54, 1.807) is 0 Å². The van der Waals surface area contributed by atoms with Crippen molar-refractivity contribution in [2.24, 2.45) is 17.6 Å². The quantitative estimate of drug-likeness (QED) is 0.732. The van der Waals surface area contributed by atoms with Crippen LogP contribution in [0.4, 0.5) is 5.69 Å². The average Bonchev–Trinajstić information content (AvgIpc) is 2.95. The largest absolute Gasteiger partial charge is 0.385 e. The summed E-state index contributed by atoms with van der Waals surface area (Å²) in [4.78, 5) is 0. The Kier molecular flexibility index (Phi) is 2.50. The molecular weight excluding hydrogens is 160 g/mol. The molecule has 1 aromatic carbocycles. The summed E-state index contributed by atoms with van der Waals surface area (Å²) in [5, 5.41) is 3.42. The molecule has 2 unspecified atom stereocenters. The number of benzene rings is 1. The lowest BCUT2D eigenvalue weighted by Gasteiger charge is -2.04. The molecule has 0 aromatic heterocycles. The van der Waals surface area contributed by atoms with Crippen LogP contribution in [0.15, 0.2) is 30.3 Å². The highest BCUT2D eigenvalue weighted by Gasteiger charge is 2.34. The van der Waals surface area contributed by atoms with E-state index < -0.39 is 0 Å². The van der Waals surface area contributed by atoms with Crippen LogP contribution in [0.1, 0.15) is 6.42 Å². The first-order chi connectivity index (χ1) is 6.40. The molecule has 0 saturated heterocycles. The number of anilines is 1. The molecule has 0 heterocycles. The van der Waals surface area contributed by atoms with E-state index >= 15 is 0 Å². The Hall–Kier alpha value is -1.02. The molecule has 2 nitrogen and oxygen atoms in total. The molecule has 1 aliphatic rings. The van der Waals surface area contributed by atoms with Gasteiger partial charge in [-0.1, -0.05) is 18.2 Å². The van der Waals surface area contributed by atoms with Crippen LogP contribution >= 0.6 is 0 Å². The van der Waals surface area contributed by atoms with Crippen LogP contribution in [0.5, 0.6) is 0 Å². The molecule has 1 fully saturated rings. The minimum atomic E-state index is 0.774. The lowest BCUT2D eigenvalue weighted by molar-refractivity contribution is 0.733. The van der Waals surface area contributed by atoms with Crippen LogP contribution in [0.3, 0.4) is 0 Å². The van der Waals surface area contributed by atoms with Crippen LogP contribution in [0, 0.1) is 11.8 Å². The van der Waals surface area contributed by atoms with Gasteiger partial charge in [0.1, 0.15) is 0 Å². The number of nitrogens with two attached hydrogens (primary N) is 1. The van der Waals surface area contributed by atoms with Crippen LogP contribution in [-0.4, -0.2) is 13.1 Å². The molecule has 0 aliphatic heterocycles. The molecule has 1 saturated carbocycles. The SMILES string of the molecule is NCC1CC1CNc1ccccc1. The number of hydrogen-bond donors (Lipinski definition) is 2. The van der Waals surface area contributed by atoms with Gasteiger partial charge in [-0.3, -0.25) is 0 Å². The molecule has 0 radical (unpaired) electrons. The summed E-state index contributed by atoms with van der Waals surface area (Å²) in [6.07, 6.45) is 1.30. The Bertz CT molecular complexity index is 258. The van der Waals surface area contributed by atoms with Crippen molar-refractivity contribution in [2.75, 3.05) is 18.4 Å². The zero-order valence-electron chi connectivity index (χ0n) is 7.74. The van der Waals surface area contributed by atoms with Gasteiger partial charge in [-0.05, 0) is 36.9 Å². The van der Waals surface area contributed by atoms with Crippen LogP contribution in [-0.2, 0) is 0 Å². The summed E-state index contributed by atoms with van der Waals surface area (Å²) in [5.41, 5.74) is 6.78. The molecule has 3 N–H and O–H groups in total. The fraction of sp³-hybridized carbons (Fsp3) is 0.455. The van der Waals surface area contributed by atoms with Crippen LogP contribution < -0.4 is 11.1 Å². The second kappa shape index (κ2) is 3.79. The maximum Gasteiger partial charge on any atom is 0.0340 e. The Morgan fingerprint density at radius 1 is 1.23 bits per heavy atom. The van der Waals surface area contributed by atoms with Crippen LogP contribution in [0.25, 0.3) is 0 Å². The Balaban J connectivity index is 1.75. The fourth-order valence-electron chi connectivity index (χ4n) is 1.65. The molecule has 0 amide bonds. The van der Waals surface area contributed by atoms with Gasteiger partial charge in [0.05, 0.1) is 0 Å². The highest BCUT2D eigenvalue weighted by Crippen LogP contribution is 2.37. The Labute approximate surface area is 79.1 Å². The van der Waals surface area contributed by atoms with Gasteiger partial charge in [-0.15, -0.1) is 0 Å². The van der Waals surface area contributed by atoms with Crippen molar-refractivity contribution in [3.8, 4) is 0 Å². The summed E-state index contributed by atoms with van der Waals surface area (Å²) < 4.78 is 0. The number of hydrogen-bond acceptors (Lipinski definition) is 2. The summed E-state index contributed by atoms with van der Waals surface area (Å²) in [5.74, 6) is 1.58. The second-order valence-corrected chi connectivity index (χ2v) is 3.74. The summed E-state index contributed by atoms with van der Waals surface area (Å²) in [6.45, 7) is 1.92. The van der Waals surface area contributed by atoms with E-state index in [9.17, 15) is 0 Å². The Morgan fingerprint density at radius 3 is 2.62 bits per heavy atom. The highest BCUT2D eigenvalue weighted by molar-refractivity contribution is 5.42. The maximum absolute atomic E-state index is 5.57. The lowest BCUT2D eigenvalue weighted by Crippen LogP contribution is -2.08. The van der Waals surface area contributed by atoms with Crippen molar-refractivity contribution in [3.63, 3.8) is 0 Å². The zero-order chi connectivity index (χ0) is 9.10. The minimum absolute atomic E-state index is 0.774. The van der Waals surface area contributed by atoms with Crippen molar-refractivity contribution in [2.45, 2.75) is 6.42 Å². The van der Waals surface area contributed by atoms with E-state index in [-0.39, 0.29) is 0 Å². The van der Waals surface area contributed by atoms with Crippen molar-refractivity contribution < 1.29 is 0 Å². The molecule has 2 heteroatoms. The van der Waals surface area contributed by atoms with E-state index in [4.69, 9.17) is 5.73 Å². The smallest absolute Gasteiger partial charge is 0.0340 e. The molecule has 2 rings (SSSR count).